The van der Waals surface area contributed by atoms with Crippen LogP contribution in [-0.2, 0) is 41.8 Å². The van der Waals surface area contributed by atoms with Gasteiger partial charge in [0.25, 0.3) is 0 Å². The number of unbranched alkanes of at least 4 members (excludes halogenated alkanes) is 12. The van der Waals surface area contributed by atoms with E-state index in [9.17, 15) is 54.3 Å². The van der Waals surface area contributed by atoms with E-state index in [1.54, 1.807) is 0 Å². The molecule has 1 saturated carbocycles. The zero-order valence-electron chi connectivity index (χ0n) is 38.4. The summed E-state index contributed by atoms with van der Waals surface area (Å²) in [6.45, 7) is 2.84. The molecule has 0 saturated heterocycles. The van der Waals surface area contributed by atoms with E-state index >= 15 is 0 Å². The van der Waals surface area contributed by atoms with Crippen LogP contribution in [0.2, 0.25) is 0 Å². The Morgan fingerprint density at radius 1 is 0.554 bits per heavy atom. The summed E-state index contributed by atoms with van der Waals surface area (Å²) >= 11 is 0. The van der Waals surface area contributed by atoms with E-state index in [1.165, 1.54) is 19.3 Å². The van der Waals surface area contributed by atoms with E-state index in [4.69, 9.17) is 28.3 Å². The van der Waals surface area contributed by atoms with Gasteiger partial charge in [-0.15, -0.1) is 0 Å². The van der Waals surface area contributed by atoms with Crippen molar-refractivity contribution >= 4 is 27.6 Å². The molecule has 0 radical (unpaired) electrons. The number of allylic oxidation sites excluding steroid dienone is 7. The first-order valence-corrected chi connectivity index (χ1v) is 26.4. The van der Waals surface area contributed by atoms with Crippen LogP contribution in [0, 0.1) is 0 Å². The summed E-state index contributed by atoms with van der Waals surface area (Å²) in [5.41, 5.74) is 0. The van der Waals surface area contributed by atoms with E-state index in [0.29, 0.717) is 51.4 Å². The second-order valence-corrected chi connectivity index (χ2v) is 19.0. The number of ether oxygens (including phenoxy) is 2. The average Bonchev–Trinajstić information content (AvgIpc) is 3.25. The molecular formula is C45H80O18P2. The molecule has 65 heavy (non-hydrogen) atoms. The minimum absolute atomic E-state index is 0.0119. The van der Waals surface area contributed by atoms with Crippen molar-refractivity contribution in [1.82, 2.24) is 0 Å². The molecule has 0 heterocycles. The number of phosphoric acid groups is 2. The summed E-state index contributed by atoms with van der Waals surface area (Å²) in [5, 5.41) is 61.7. The summed E-state index contributed by atoms with van der Waals surface area (Å²) < 4.78 is 49.2. The molecule has 0 amide bonds. The van der Waals surface area contributed by atoms with Gasteiger partial charge in [-0.2, -0.15) is 0 Å². The molecule has 0 aromatic carbocycles. The van der Waals surface area contributed by atoms with Gasteiger partial charge in [0, 0.05) is 12.8 Å². The zero-order valence-corrected chi connectivity index (χ0v) is 40.2. The molecule has 20 heteroatoms. The number of aliphatic hydroxyl groups is 6. The second kappa shape index (κ2) is 35.9. The van der Waals surface area contributed by atoms with Crippen molar-refractivity contribution in [3.8, 4) is 0 Å². The van der Waals surface area contributed by atoms with Gasteiger partial charge >= 0.3 is 27.6 Å². The molecule has 0 aliphatic heterocycles. The Kier molecular flexibility index (Phi) is 33.7. The largest absolute Gasteiger partial charge is 0.472 e. The van der Waals surface area contributed by atoms with Crippen LogP contribution in [-0.4, -0.2) is 125 Å². The third-order valence-electron chi connectivity index (χ3n) is 10.6. The molecule has 18 nitrogen and oxygen atoms in total. The fourth-order valence-corrected chi connectivity index (χ4v) is 8.30. The molecule has 378 valence electrons. The lowest BCUT2D eigenvalue weighted by atomic mass is 9.85. The number of hydrogen-bond acceptors (Lipinski definition) is 15. The number of esters is 2. The monoisotopic (exact) mass is 970 g/mol. The van der Waals surface area contributed by atoms with Crippen LogP contribution in [0.5, 0.6) is 0 Å². The van der Waals surface area contributed by atoms with Gasteiger partial charge in [-0.3, -0.25) is 23.2 Å². The van der Waals surface area contributed by atoms with Gasteiger partial charge in [-0.25, -0.2) is 9.13 Å². The fourth-order valence-electron chi connectivity index (χ4n) is 6.76. The van der Waals surface area contributed by atoms with Crippen LogP contribution in [0.15, 0.2) is 48.6 Å². The molecule has 5 unspecified atom stereocenters. The minimum Gasteiger partial charge on any atom is -0.462 e. The lowest BCUT2D eigenvalue weighted by Gasteiger charge is -2.43. The lowest BCUT2D eigenvalue weighted by molar-refractivity contribution is -0.216. The Labute approximate surface area is 385 Å². The summed E-state index contributed by atoms with van der Waals surface area (Å²) in [6.07, 6.45) is 16.6. The van der Waals surface area contributed by atoms with Gasteiger partial charge in [0.15, 0.2) is 6.10 Å². The van der Waals surface area contributed by atoms with E-state index < -0.39 is 95.7 Å². The van der Waals surface area contributed by atoms with E-state index in [-0.39, 0.29) is 12.8 Å². The van der Waals surface area contributed by atoms with Gasteiger partial charge in [0.1, 0.15) is 43.2 Å². The predicted octanol–water partition coefficient (Wildman–Crippen LogP) is 6.45. The zero-order chi connectivity index (χ0) is 48.5. The summed E-state index contributed by atoms with van der Waals surface area (Å²) in [5.74, 6) is -1.37. The standard InChI is InChI=1S/C45H80O18P2/c1-3-5-7-9-11-12-13-14-15-16-17-18-19-23-28-32-39(49)61-35(34-60-65(57,58)63-45-42(52)40(50)41(51)44(43(45)53)62-64(54,55)56)33-59-38(48)31-27-24-20-22-26-30-37(47)36(46)29-25-21-10-8-6-4-2/h11-12,14-15,17-18,21,25,35-37,40-47,50-53H,3-10,13,16,19-20,22-24,26-34H2,1-2H3,(H,57,58)(H2,54,55,56)/b12-11-,15-14-,18-17-,25-21-/t35-,36-,37-,40?,41?,42?,43?,44-,45+/m1/s1. The number of carbonyl (C=O) groups is 2. The van der Waals surface area contributed by atoms with Gasteiger partial charge in [0.05, 0.1) is 18.8 Å². The Morgan fingerprint density at radius 2 is 1.05 bits per heavy atom. The highest BCUT2D eigenvalue weighted by Crippen LogP contribution is 2.49. The quantitative estimate of drug-likeness (QED) is 0.0139. The van der Waals surface area contributed by atoms with Crippen LogP contribution in [0.1, 0.15) is 155 Å². The summed E-state index contributed by atoms with van der Waals surface area (Å²) in [4.78, 5) is 54.2. The van der Waals surface area contributed by atoms with E-state index in [2.05, 4.69) is 42.7 Å². The highest BCUT2D eigenvalue weighted by atomic mass is 31.2. The predicted molar refractivity (Wildman–Crippen MR) is 244 cm³/mol. The Hall–Kier alpha value is -2.12. The van der Waals surface area contributed by atoms with Gasteiger partial charge in [-0.05, 0) is 77.0 Å². The third-order valence-corrected chi connectivity index (χ3v) is 12.1. The summed E-state index contributed by atoms with van der Waals surface area (Å²) in [6, 6.07) is 0. The number of hydrogen-bond donors (Lipinski definition) is 9. The molecule has 10 atom stereocenters. The van der Waals surface area contributed by atoms with Crippen LogP contribution in [0.4, 0.5) is 0 Å². The molecule has 0 bridgehead atoms. The second-order valence-electron chi connectivity index (χ2n) is 16.4. The molecule has 1 aliphatic carbocycles. The first kappa shape index (κ1) is 60.9. The van der Waals surface area contributed by atoms with Crippen molar-refractivity contribution in [3.63, 3.8) is 0 Å². The van der Waals surface area contributed by atoms with Gasteiger partial charge < -0.3 is 54.8 Å². The smallest absolute Gasteiger partial charge is 0.462 e. The molecular weight excluding hydrogens is 890 g/mol. The maximum atomic E-state index is 13.0. The van der Waals surface area contributed by atoms with Crippen molar-refractivity contribution in [3.05, 3.63) is 48.6 Å². The fraction of sp³-hybridized carbons (Fsp3) is 0.778. The van der Waals surface area contributed by atoms with Gasteiger partial charge in [-0.1, -0.05) is 114 Å². The van der Waals surface area contributed by atoms with Crippen molar-refractivity contribution in [2.75, 3.05) is 13.2 Å². The molecule has 9 N–H and O–H groups in total. The topological polar surface area (TPSA) is 296 Å². The van der Waals surface area contributed by atoms with Crippen molar-refractivity contribution in [2.45, 2.75) is 210 Å². The molecule has 1 fully saturated rings. The number of rotatable bonds is 38. The average molecular weight is 971 g/mol. The molecule has 1 aliphatic rings. The van der Waals surface area contributed by atoms with Crippen LogP contribution >= 0.6 is 15.6 Å². The van der Waals surface area contributed by atoms with Crippen molar-refractivity contribution < 1.29 is 87.1 Å². The third kappa shape index (κ3) is 30.1. The maximum absolute atomic E-state index is 13.0. The van der Waals surface area contributed by atoms with E-state index in [0.717, 1.165) is 57.8 Å². The highest BCUT2D eigenvalue weighted by Gasteiger charge is 2.54. The molecule has 0 spiro atoms. The lowest BCUT2D eigenvalue weighted by Crippen LogP contribution is -2.64. The first-order valence-electron chi connectivity index (χ1n) is 23.3. The highest BCUT2D eigenvalue weighted by molar-refractivity contribution is 7.47. The number of aliphatic hydroxyl groups excluding tert-OH is 6. The minimum atomic E-state index is -5.39. The normalized spacial score (nSPS) is 23.1. The number of phosphoric ester groups is 2. The van der Waals surface area contributed by atoms with Crippen molar-refractivity contribution in [1.29, 1.82) is 0 Å². The van der Waals surface area contributed by atoms with Crippen LogP contribution in [0.3, 0.4) is 0 Å². The summed E-state index contributed by atoms with van der Waals surface area (Å²) in [7, 11) is -10.7. The Bertz CT molecular complexity index is 1480. The van der Waals surface area contributed by atoms with Crippen LogP contribution < -0.4 is 0 Å². The first-order chi connectivity index (χ1) is 30.9. The molecule has 1 rings (SSSR count). The Morgan fingerprint density at radius 3 is 1.63 bits per heavy atom. The van der Waals surface area contributed by atoms with Crippen LogP contribution in [0.25, 0.3) is 0 Å². The van der Waals surface area contributed by atoms with Gasteiger partial charge in [0.2, 0.25) is 0 Å². The maximum Gasteiger partial charge on any atom is 0.472 e. The molecule has 0 aromatic rings. The van der Waals surface area contributed by atoms with E-state index in [1.807, 2.05) is 24.3 Å². The number of carbonyl (C=O) groups excluding carboxylic acids is 2. The van der Waals surface area contributed by atoms with Crippen molar-refractivity contribution in [2.24, 2.45) is 0 Å². The SMILES string of the molecule is CCCCC/C=C\C/C=C\C/C=C\CCCCC(=O)O[C@H](COC(=O)CCCCCCC[C@@H](O)[C@H](O)C/C=C\CCCCC)COP(=O)(O)O[C@H]1C(O)C(O)C(O)[C@@H](OP(=O)(O)O)C1O. The molecule has 0 aromatic heterocycles. The Balaban J connectivity index is 2.68.